The van der Waals surface area contributed by atoms with Gasteiger partial charge in [0, 0.05) is 10.5 Å². The molecular weight excluding hydrogens is 282 g/mol. The van der Waals surface area contributed by atoms with Gasteiger partial charge in [0.05, 0.1) is 14.2 Å². The molecule has 94 valence electrons. The summed E-state index contributed by atoms with van der Waals surface area (Å²) in [6.07, 6.45) is 1.16. The smallest absolute Gasteiger partial charge is 0.161 e. The quantitative estimate of drug-likeness (QED) is 0.930. The minimum atomic E-state index is 0.402. The Morgan fingerprint density at radius 1 is 1.24 bits per heavy atom. The van der Waals surface area contributed by atoms with E-state index in [9.17, 15) is 0 Å². The molecule has 1 aromatic rings. The van der Waals surface area contributed by atoms with Gasteiger partial charge < -0.3 is 14.8 Å². The Hall–Kier alpha value is -0.740. The van der Waals surface area contributed by atoms with Crippen LogP contribution in [0, 0.1) is 5.92 Å². The number of benzene rings is 1. The molecule has 0 saturated carbocycles. The fourth-order valence-electron chi connectivity index (χ4n) is 2.29. The average molecular weight is 300 g/mol. The Balaban J connectivity index is 2.34. The van der Waals surface area contributed by atoms with Crippen LogP contribution in [-0.2, 0) is 0 Å². The Bertz CT molecular complexity index is 409. The highest BCUT2D eigenvalue weighted by Crippen LogP contribution is 2.39. The summed E-state index contributed by atoms with van der Waals surface area (Å²) in [5.41, 5.74) is 1.24. The van der Waals surface area contributed by atoms with Gasteiger partial charge in [-0.15, -0.1) is 0 Å². The molecular formula is C13H18BrNO2. The van der Waals surface area contributed by atoms with Crippen molar-refractivity contribution >= 4 is 15.9 Å². The predicted octanol–water partition coefficient (Wildman–Crippen LogP) is 3.14. The third kappa shape index (κ3) is 2.58. The molecule has 1 aromatic carbocycles. The Morgan fingerprint density at radius 3 is 2.41 bits per heavy atom. The van der Waals surface area contributed by atoms with Crippen LogP contribution in [0.5, 0.6) is 11.5 Å². The normalized spacial score (nSPS) is 23.8. The first-order valence-corrected chi connectivity index (χ1v) is 6.59. The van der Waals surface area contributed by atoms with Crippen molar-refractivity contribution in [3.63, 3.8) is 0 Å². The van der Waals surface area contributed by atoms with Crippen LogP contribution >= 0.6 is 15.9 Å². The van der Waals surface area contributed by atoms with Crippen LogP contribution in [0.15, 0.2) is 16.6 Å². The minimum Gasteiger partial charge on any atom is -0.493 e. The summed E-state index contributed by atoms with van der Waals surface area (Å²) in [7, 11) is 3.32. The number of nitrogens with one attached hydrogen (secondary N) is 1. The van der Waals surface area contributed by atoms with Gasteiger partial charge in [-0.1, -0.05) is 22.9 Å². The van der Waals surface area contributed by atoms with Crippen molar-refractivity contribution < 1.29 is 9.47 Å². The lowest BCUT2D eigenvalue weighted by Gasteiger charge is -2.16. The van der Waals surface area contributed by atoms with E-state index < -0.39 is 0 Å². The molecule has 2 unspecified atom stereocenters. The summed E-state index contributed by atoms with van der Waals surface area (Å²) in [6.45, 7) is 3.34. The van der Waals surface area contributed by atoms with Crippen molar-refractivity contribution in [3.05, 3.63) is 22.2 Å². The third-order valence-electron chi connectivity index (χ3n) is 3.23. The van der Waals surface area contributed by atoms with Crippen molar-refractivity contribution in [1.82, 2.24) is 5.32 Å². The van der Waals surface area contributed by atoms with E-state index >= 15 is 0 Å². The van der Waals surface area contributed by atoms with Crippen LogP contribution in [0.4, 0.5) is 0 Å². The van der Waals surface area contributed by atoms with Crippen LogP contribution in [0.1, 0.15) is 24.9 Å². The first kappa shape index (κ1) is 12.7. The zero-order chi connectivity index (χ0) is 12.4. The van der Waals surface area contributed by atoms with Gasteiger partial charge in [-0.3, -0.25) is 0 Å². The van der Waals surface area contributed by atoms with E-state index in [1.54, 1.807) is 14.2 Å². The molecule has 0 spiro atoms. The molecule has 1 N–H and O–H groups in total. The summed E-state index contributed by atoms with van der Waals surface area (Å²) >= 11 is 3.61. The molecule has 3 nitrogen and oxygen atoms in total. The van der Waals surface area contributed by atoms with E-state index in [1.807, 2.05) is 6.07 Å². The van der Waals surface area contributed by atoms with Gasteiger partial charge in [0.2, 0.25) is 0 Å². The van der Waals surface area contributed by atoms with E-state index in [1.165, 1.54) is 5.56 Å². The van der Waals surface area contributed by atoms with E-state index in [0.29, 0.717) is 6.04 Å². The number of methoxy groups -OCH3 is 2. The standard InChI is InChI=1S/C13H18BrNO2/c1-8-4-11(15-7-8)9-5-12(16-2)13(17-3)6-10(9)14/h5-6,8,11,15H,4,7H2,1-3H3. The number of ether oxygens (including phenoxy) is 2. The second-order valence-corrected chi connectivity index (χ2v) is 5.38. The van der Waals surface area contributed by atoms with Crippen molar-refractivity contribution in [2.24, 2.45) is 5.92 Å². The van der Waals surface area contributed by atoms with Gasteiger partial charge in [0.1, 0.15) is 0 Å². The summed E-state index contributed by atoms with van der Waals surface area (Å²) in [4.78, 5) is 0. The molecule has 2 rings (SSSR count). The topological polar surface area (TPSA) is 30.5 Å². The highest BCUT2D eigenvalue weighted by molar-refractivity contribution is 9.10. The summed E-state index contributed by atoms with van der Waals surface area (Å²) < 4.78 is 11.7. The van der Waals surface area contributed by atoms with Crippen LogP contribution in [0.3, 0.4) is 0 Å². The largest absolute Gasteiger partial charge is 0.493 e. The highest BCUT2D eigenvalue weighted by Gasteiger charge is 2.25. The highest BCUT2D eigenvalue weighted by atomic mass is 79.9. The third-order valence-corrected chi connectivity index (χ3v) is 3.92. The van der Waals surface area contributed by atoms with Crippen molar-refractivity contribution in [1.29, 1.82) is 0 Å². The average Bonchev–Trinajstić information content (AvgIpc) is 2.75. The minimum absolute atomic E-state index is 0.402. The first-order valence-electron chi connectivity index (χ1n) is 5.80. The molecule has 1 aliphatic rings. The number of rotatable bonds is 3. The lowest BCUT2D eigenvalue weighted by Crippen LogP contribution is -2.14. The fraction of sp³-hybridized carbons (Fsp3) is 0.538. The molecule has 0 aliphatic carbocycles. The van der Waals surface area contributed by atoms with Gasteiger partial charge in [-0.25, -0.2) is 0 Å². The van der Waals surface area contributed by atoms with Crippen molar-refractivity contribution in [2.45, 2.75) is 19.4 Å². The molecule has 1 fully saturated rings. The summed E-state index contributed by atoms with van der Waals surface area (Å²) in [5.74, 6) is 2.27. The predicted molar refractivity (Wildman–Crippen MR) is 71.8 cm³/mol. The molecule has 2 atom stereocenters. The van der Waals surface area contributed by atoms with Crippen LogP contribution in [-0.4, -0.2) is 20.8 Å². The van der Waals surface area contributed by atoms with Crippen molar-refractivity contribution in [2.75, 3.05) is 20.8 Å². The lowest BCUT2D eigenvalue weighted by molar-refractivity contribution is 0.353. The molecule has 0 amide bonds. The monoisotopic (exact) mass is 299 g/mol. The zero-order valence-corrected chi connectivity index (χ0v) is 12.0. The maximum Gasteiger partial charge on any atom is 0.161 e. The molecule has 4 heteroatoms. The van der Waals surface area contributed by atoms with Crippen molar-refractivity contribution in [3.8, 4) is 11.5 Å². The maximum atomic E-state index is 5.34. The van der Waals surface area contributed by atoms with Gasteiger partial charge >= 0.3 is 0 Å². The number of halogens is 1. The maximum absolute atomic E-state index is 5.34. The van der Waals surface area contributed by atoms with Crippen LogP contribution < -0.4 is 14.8 Å². The molecule has 0 aromatic heterocycles. The SMILES string of the molecule is COc1cc(Br)c(C2CC(C)CN2)cc1OC. The van der Waals surface area contributed by atoms with Gasteiger partial charge in [0.15, 0.2) is 11.5 Å². The van der Waals surface area contributed by atoms with Crippen LogP contribution in [0.25, 0.3) is 0 Å². The Morgan fingerprint density at radius 2 is 1.88 bits per heavy atom. The zero-order valence-electron chi connectivity index (χ0n) is 10.4. The van der Waals surface area contributed by atoms with E-state index in [0.717, 1.165) is 34.9 Å². The first-order chi connectivity index (χ1) is 8.15. The number of hydrogen-bond acceptors (Lipinski definition) is 3. The molecule has 0 bridgehead atoms. The van der Waals surface area contributed by atoms with E-state index in [-0.39, 0.29) is 0 Å². The lowest BCUT2D eigenvalue weighted by atomic mass is 10.0. The van der Waals surface area contributed by atoms with Gasteiger partial charge in [-0.05, 0) is 36.6 Å². The summed E-state index contributed by atoms with van der Waals surface area (Å²) in [6, 6.07) is 4.43. The van der Waals surface area contributed by atoms with E-state index in [2.05, 4.69) is 34.2 Å². The molecule has 17 heavy (non-hydrogen) atoms. The van der Waals surface area contributed by atoms with E-state index in [4.69, 9.17) is 9.47 Å². The summed E-state index contributed by atoms with van der Waals surface area (Å²) in [5, 5.41) is 3.53. The molecule has 1 heterocycles. The van der Waals surface area contributed by atoms with Gasteiger partial charge in [0.25, 0.3) is 0 Å². The number of hydrogen-bond donors (Lipinski definition) is 1. The molecule has 1 aliphatic heterocycles. The second-order valence-electron chi connectivity index (χ2n) is 4.53. The Labute approximate surface area is 111 Å². The fourth-order valence-corrected chi connectivity index (χ4v) is 2.89. The van der Waals surface area contributed by atoms with Gasteiger partial charge in [-0.2, -0.15) is 0 Å². The second kappa shape index (κ2) is 5.27. The molecule has 1 saturated heterocycles. The molecule has 0 radical (unpaired) electrons. The van der Waals surface area contributed by atoms with Crippen LogP contribution in [0.2, 0.25) is 0 Å². The Kier molecular flexibility index (Phi) is 3.94.